The Bertz CT molecular complexity index is 670. The summed E-state index contributed by atoms with van der Waals surface area (Å²) in [6.07, 6.45) is 0. The summed E-state index contributed by atoms with van der Waals surface area (Å²) in [5.41, 5.74) is 4.43. The Morgan fingerprint density at radius 1 is 0.808 bits per heavy atom. The van der Waals surface area contributed by atoms with E-state index in [0.29, 0.717) is 16.6 Å². The second-order valence-corrected chi connectivity index (χ2v) is 14.7. The molecule has 0 atom stereocenters. The fourth-order valence-electron chi connectivity index (χ4n) is 4.16. The monoisotopic (exact) mass is 386 g/mol. The molecule has 0 heterocycles. The minimum Gasteiger partial charge on any atom is -0.412 e. The van der Waals surface area contributed by atoms with Crippen molar-refractivity contribution in [1.82, 2.24) is 0 Å². The third-order valence-electron chi connectivity index (χ3n) is 5.41. The van der Waals surface area contributed by atoms with E-state index in [4.69, 9.17) is 4.43 Å². The average Bonchev–Trinajstić information content (AvgIpc) is 2.58. The highest BCUT2D eigenvalue weighted by Gasteiger charge is 2.45. The van der Waals surface area contributed by atoms with Gasteiger partial charge in [-0.15, -0.1) is 0 Å². The lowest BCUT2D eigenvalue weighted by Gasteiger charge is -2.42. The van der Waals surface area contributed by atoms with Gasteiger partial charge in [-0.3, -0.25) is 0 Å². The van der Waals surface area contributed by atoms with E-state index in [9.17, 15) is 0 Å². The lowest BCUT2D eigenvalue weighted by molar-refractivity contribution is 0.263. The van der Waals surface area contributed by atoms with E-state index in [0.717, 1.165) is 6.61 Å². The molecule has 0 aliphatic heterocycles. The predicted molar refractivity (Wildman–Crippen MR) is 118 cm³/mol. The van der Waals surface area contributed by atoms with Gasteiger partial charge in [0.05, 0.1) is 6.61 Å². The van der Waals surface area contributed by atoms with E-state index in [1.54, 1.807) is 0 Å². The Morgan fingerprint density at radius 3 is 1.88 bits per heavy atom. The van der Waals surface area contributed by atoms with Gasteiger partial charge < -0.3 is 4.43 Å². The summed E-state index contributed by atoms with van der Waals surface area (Å²) < 4.78 is 6.82. The van der Waals surface area contributed by atoms with Crippen LogP contribution in [0.5, 0.6) is 0 Å². The standard InChI is InChI=1S/C23H34OSSi/c1-17(2)26(18(3)4,19(5)6)24-16-21-10-8-9-11-23(21)25-22-14-12-20(7)13-15-22/h8-15,17-19H,16H2,1-7H3. The van der Waals surface area contributed by atoms with E-state index in [1.807, 2.05) is 11.8 Å². The third kappa shape index (κ3) is 4.82. The molecule has 0 unspecified atom stereocenters. The summed E-state index contributed by atoms with van der Waals surface area (Å²) in [7, 11) is -1.84. The molecular formula is C23H34OSSi. The van der Waals surface area contributed by atoms with Crippen molar-refractivity contribution in [3.63, 3.8) is 0 Å². The number of hydrogen-bond donors (Lipinski definition) is 0. The summed E-state index contributed by atoms with van der Waals surface area (Å²) in [6.45, 7) is 16.9. The summed E-state index contributed by atoms with van der Waals surface area (Å²) in [6, 6.07) is 17.4. The van der Waals surface area contributed by atoms with Gasteiger partial charge >= 0.3 is 0 Å². The molecule has 0 radical (unpaired) electrons. The van der Waals surface area contributed by atoms with Crippen molar-refractivity contribution in [3.05, 3.63) is 59.7 Å². The van der Waals surface area contributed by atoms with Crippen LogP contribution in [0.4, 0.5) is 0 Å². The van der Waals surface area contributed by atoms with E-state index in [-0.39, 0.29) is 0 Å². The van der Waals surface area contributed by atoms with Crippen molar-refractivity contribution >= 4 is 20.1 Å². The fraction of sp³-hybridized carbons (Fsp3) is 0.478. The molecule has 0 aromatic heterocycles. The van der Waals surface area contributed by atoms with Gasteiger partial charge in [0.15, 0.2) is 0 Å². The normalized spacial score (nSPS) is 12.4. The number of hydrogen-bond acceptors (Lipinski definition) is 2. The highest BCUT2D eigenvalue weighted by atomic mass is 32.2. The van der Waals surface area contributed by atoms with Crippen molar-refractivity contribution in [2.45, 2.75) is 81.5 Å². The summed E-state index contributed by atoms with van der Waals surface area (Å²) in [4.78, 5) is 2.58. The Hall–Kier alpha value is -1.03. The molecule has 26 heavy (non-hydrogen) atoms. The number of benzene rings is 2. The highest BCUT2D eigenvalue weighted by Crippen LogP contribution is 2.43. The highest BCUT2D eigenvalue weighted by molar-refractivity contribution is 7.99. The van der Waals surface area contributed by atoms with Crippen LogP contribution in [-0.2, 0) is 11.0 Å². The maximum Gasteiger partial charge on any atom is 0.200 e. The quantitative estimate of drug-likeness (QED) is 0.427. The largest absolute Gasteiger partial charge is 0.412 e. The topological polar surface area (TPSA) is 9.23 Å². The number of aryl methyl sites for hydroxylation is 1. The smallest absolute Gasteiger partial charge is 0.200 e. The van der Waals surface area contributed by atoms with Gasteiger partial charge in [0.1, 0.15) is 0 Å². The van der Waals surface area contributed by atoms with Crippen molar-refractivity contribution in [1.29, 1.82) is 0 Å². The number of rotatable bonds is 8. The zero-order valence-electron chi connectivity index (χ0n) is 17.4. The molecular weight excluding hydrogens is 352 g/mol. The van der Waals surface area contributed by atoms with E-state index in [1.165, 1.54) is 20.9 Å². The van der Waals surface area contributed by atoms with Crippen LogP contribution in [0, 0.1) is 6.92 Å². The lowest BCUT2D eigenvalue weighted by Crippen LogP contribution is -2.47. The molecule has 0 amide bonds. The maximum absolute atomic E-state index is 6.82. The third-order valence-corrected chi connectivity index (χ3v) is 12.6. The molecule has 0 saturated heterocycles. The van der Waals surface area contributed by atoms with Crippen LogP contribution in [0.25, 0.3) is 0 Å². The molecule has 0 aliphatic carbocycles. The molecule has 0 N–H and O–H groups in total. The van der Waals surface area contributed by atoms with Crippen molar-refractivity contribution in [3.8, 4) is 0 Å². The maximum atomic E-state index is 6.82. The molecule has 0 fully saturated rings. The Balaban J connectivity index is 2.22. The van der Waals surface area contributed by atoms with Crippen LogP contribution in [0.15, 0.2) is 58.3 Å². The lowest BCUT2D eigenvalue weighted by atomic mass is 10.2. The van der Waals surface area contributed by atoms with Gasteiger partial charge in [-0.25, -0.2) is 0 Å². The second-order valence-electron chi connectivity index (χ2n) is 8.13. The molecule has 0 aliphatic rings. The molecule has 2 aromatic rings. The van der Waals surface area contributed by atoms with Crippen LogP contribution in [-0.4, -0.2) is 8.32 Å². The van der Waals surface area contributed by atoms with Crippen LogP contribution in [0.2, 0.25) is 16.6 Å². The van der Waals surface area contributed by atoms with Crippen LogP contribution >= 0.6 is 11.8 Å². The van der Waals surface area contributed by atoms with Gasteiger partial charge in [-0.05, 0) is 47.3 Å². The zero-order valence-corrected chi connectivity index (χ0v) is 19.2. The van der Waals surface area contributed by atoms with Crippen molar-refractivity contribution in [2.24, 2.45) is 0 Å². The molecule has 0 spiro atoms. The minimum atomic E-state index is -1.84. The Kier molecular flexibility index (Phi) is 7.57. The first kappa shape index (κ1) is 21.3. The summed E-state index contributed by atoms with van der Waals surface area (Å²) >= 11 is 1.83. The zero-order chi connectivity index (χ0) is 19.3. The molecule has 3 heteroatoms. The molecule has 2 rings (SSSR count). The summed E-state index contributed by atoms with van der Waals surface area (Å²) in [5.74, 6) is 0. The van der Waals surface area contributed by atoms with E-state index in [2.05, 4.69) is 97.0 Å². The van der Waals surface area contributed by atoms with Gasteiger partial charge in [0.2, 0.25) is 8.32 Å². The van der Waals surface area contributed by atoms with Gasteiger partial charge in [0.25, 0.3) is 0 Å². The second kappa shape index (κ2) is 9.25. The van der Waals surface area contributed by atoms with Crippen LogP contribution in [0.1, 0.15) is 52.7 Å². The first-order valence-corrected chi connectivity index (χ1v) is 12.7. The van der Waals surface area contributed by atoms with Crippen LogP contribution < -0.4 is 0 Å². The first-order valence-electron chi connectivity index (χ1n) is 9.73. The van der Waals surface area contributed by atoms with Gasteiger partial charge in [-0.1, -0.05) is 89.2 Å². The van der Waals surface area contributed by atoms with Crippen molar-refractivity contribution < 1.29 is 4.43 Å². The fourth-order valence-corrected chi connectivity index (χ4v) is 10.5. The summed E-state index contributed by atoms with van der Waals surface area (Å²) in [5, 5.41) is 0. The van der Waals surface area contributed by atoms with Gasteiger partial charge in [-0.2, -0.15) is 0 Å². The van der Waals surface area contributed by atoms with Crippen LogP contribution in [0.3, 0.4) is 0 Å². The van der Waals surface area contributed by atoms with Gasteiger partial charge in [0, 0.05) is 9.79 Å². The Morgan fingerprint density at radius 2 is 1.35 bits per heavy atom. The van der Waals surface area contributed by atoms with Crippen molar-refractivity contribution in [2.75, 3.05) is 0 Å². The molecule has 0 bridgehead atoms. The SMILES string of the molecule is Cc1ccc(Sc2ccccc2CO[Si](C(C)C)(C(C)C)C(C)C)cc1. The Labute approximate surface area is 165 Å². The molecule has 1 nitrogen and oxygen atoms in total. The predicted octanol–water partition coefficient (Wildman–Crippen LogP) is 7.84. The molecule has 142 valence electrons. The van der Waals surface area contributed by atoms with E-state index < -0.39 is 8.32 Å². The first-order chi connectivity index (χ1) is 12.3. The average molecular weight is 387 g/mol. The minimum absolute atomic E-state index is 0.611. The van der Waals surface area contributed by atoms with E-state index >= 15 is 0 Å². The molecule has 2 aromatic carbocycles. The molecule has 0 saturated carbocycles.